The lowest BCUT2D eigenvalue weighted by atomic mass is 10.0. The lowest BCUT2D eigenvalue weighted by Crippen LogP contribution is -2.33. The maximum absolute atomic E-state index is 12.5. The van der Waals surface area contributed by atoms with Gasteiger partial charge in [-0.15, -0.1) is 0 Å². The first-order valence-corrected chi connectivity index (χ1v) is 6.26. The van der Waals surface area contributed by atoms with Crippen LogP contribution in [0, 0.1) is 0 Å². The molecule has 0 amide bonds. The summed E-state index contributed by atoms with van der Waals surface area (Å²) in [5.41, 5.74) is 0.603. The van der Waals surface area contributed by atoms with Crippen molar-refractivity contribution in [3.63, 3.8) is 0 Å². The highest BCUT2D eigenvalue weighted by Gasteiger charge is 2.34. The van der Waals surface area contributed by atoms with E-state index in [4.69, 9.17) is 0 Å². The Balaban J connectivity index is 2.03. The minimum atomic E-state index is -4.17. The number of allylic oxidation sites excluding steroid dienone is 4. The number of halogens is 3. The highest BCUT2D eigenvalue weighted by molar-refractivity contribution is 5.26. The van der Waals surface area contributed by atoms with Gasteiger partial charge in [-0.1, -0.05) is 6.08 Å². The average Bonchev–Trinajstić information content (AvgIpc) is 2.74. The fourth-order valence-electron chi connectivity index (χ4n) is 2.62. The third-order valence-electron chi connectivity index (χ3n) is 3.86. The summed E-state index contributed by atoms with van der Waals surface area (Å²) in [5.74, 6) is 0. The van der Waals surface area contributed by atoms with Gasteiger partial charge in [0, 0.05) is 30.9 Å². The maximum Gasteiger partial charge on any atom is 0.412 e. The molecule has 18 heavy (non-hydrogen) atoms. The summed E-state index contributed by atoms with van der Waals surface area (Å²) in [4.78, 5) is 4.40. The number of rotatable bonds is 2. The molecule has 1 aliphatic carbocycles. The molecule has 0 bridgehead atoms. The van der Waals surface area contributed by atoms with Gasteiger partial charge in [-0.2, -0.15) is 13.2 Å². The molecule has 0 aromatic carbocycles. The number of alkyl halides is 3. The van der Waals surface area contributed by atoms with E-state index in [0.717, 1.165) is 25.2 Å². The standard InChI is InChI=1S/C13H19F3N2/c1-17-8-7-12(9-17)18(2)11-5-3-10(4-6-11)13(14,15)16/h3,5,12H,4,6-9H2,1-2H3. The molecule has 2 rings (SSSR count). The van der Waals surface area contributed by atoms with Crippen molar-refractivity contribution >= 4 is 0 Å². The second kappa shape index (κ2) is 4.96. The molecule has 0 radical (unpaired) electrons. The van der Waals surface area contributed by atoms with Crippen molar-refractivity contribution in [1.29, 1.82) is 0 Å². The summed E-state index contributed by atoms with van der Waals surface area (Å²) < 4.78 is 37.5. The van der Waals surface area contributed by atoms with Crippen LogP contribution < -0.4 is 0 Å². The lowest BCUT2D eigenvalue weighted by Gasteiger charge is -2.31. The number of nitrogens with zero attached hydrogens (tertiary/aromatic N) is 2. The SMILES string of the molecule is CN1CCC(N(C)C2=CC=C(C(F)(F)F)CC2)C1. The quantitative estimate of drug-likeness (QED) is 0.753. The Kier molecular flexibility index (Phi) is 3.71. The predicted octanol–water partition coefficient (Wildman–Crippen LogP) is 2.79. The van der Waals surface area contributed by atoms with Crippen LogP contribution in [0.15, 0.2) is 23.4 Å². The van der Waals surface area contributed by atoms with E-state index in [1.54, 1.807) is 6.08 Å². The Morgan fingerprint density at radius 2 is 2.00 bits per heavy atom. The Hall–Kier alpha value is -0.970. The molecule has 2 nitrogen and oxygen atoms in total. The van der Waals surface area contributed by atoms with Gasteiger partial charge in [0.05, 0.1) is 0 Å². The molecule has 1 heterocycles. The van der Waals surface area contributed by atoms with Gasteiger partial charge in [0.1, 0.15) is 0 Å². The topological polar surface area (TPSA) is 6.48 Å². The van der Waals surface area contributed by atoms with Crippen molar-refractivity contribution in [3.8, 4) is 0 Å². The molecule has 0 aromatic heterocycles. The molecule has 5 heteroatoms. The van der Waals surface area contributed by atoms with Gasteiger partial charge in [-0.25, -0.2) is 0 Å². The van der Waals surface area contributed by atoms with E-state index in [1.165, 1.54) is 6.08 Å². The molecule has 0 N–H and O–H groups in total. The van der Waals surface area contributed by atoms with Crippen molar-refractivity contribution < 1.29 is 13.2 Å². The normalized spacial score (nSPS) is 25.9. The second-order valence-corrected chi connectivity index (χ2v) is 5.16. The zero-order valence-corrected chi connectivity index (χ0v) is 10.8. The largest absolute Gasteiger partial charge is 0.412 e. The molecule has 1 atom stereocenters. The molecular weight excluding hydrogens is 241 g/mol. The molecule has 2 aliphatic rings. The molecule has 1 saturated heterocycles. The van der Waals surface area contributed by atoms with Crippen LogP contribution in [0.4, 0.5) is 13.2 Å². The Bertz CT molecular complexity index is 371. The van der Waals surface area contributed by atoms with Crippen molar-refractivity contribution in [2.75, 3.05) is 27.2 Å². The van der Waals surface area contributed by atoms with E-state index in [2.05, 4.69) is 16.8 Å². The van der Waals surface area contributed by atoms with Crippen LogP contribution >= 0.6 is 0 Å². The molecule has 1 aliphatic heterocycles. The Labute approximate surface area is 106 Å². The maximum atomic E-state index is 12.5. The average molecular weight is 260 g/mol. The fourth-order valence-corrected chi connectivity index (χ4v) is 2.62. The van der Waals surface area contributed by atoms with Crippen LogP contribution in [0.25, 0.3) is 0 Å². The van der Waals surface area contributed by atoms with E-state index < -0.39 is 11.7 Å². The van der Waals surface area contributed by atoms with Crippen molar-refractivity contribution in [1.82, 2.24) is 9.80 Å². The monoisotopic (exact) mass is 260 g/mol. The molecular formula is C13H19F3N2. The van der Waals surface area contributed by atoms with E-state index in [0.29, 0.717) is 12.5 Å². The Morgan fingerprint density at radius 1 is 1.28 bits per heavy atom. The van der Waals surface area contributed by atoms with Crippen LogP contribution in [-0.4, -0.2) is 49.2 Å². The van der Waals surface area contributed by atoms with Crippen molar-refractivity contribution in [3.05, 3.63) is 23.4 Å². The van der Waals surface area contributed by atoms with Gasteiger partial charge in [-0.3, -0.25) is 0 Å². The number of hydrogen-bond acceptors (Lipinski definition) is 2. The summed E-state index contributed by atoms with van der Waals surface area (Å²) in [6.07, 6.45) is 0.358. The third-order valence-corrected chi connectivity index (χ3v) is 3.86. The van der Waals surface area contributed by atoms with Crippen LogP contribution in [0.3, 0.4) is 0 Å². The Morgan fingerprint density at radius 3 is 2.44 bits per heavy atom. The van der Waals surface area contributed by atoms with E-state index in [1.807, 2.05) is 7.05 Å². The van der Waals surface area contributed by atoms with Crippen molar-refractivity contribution in [2.24, 2.45) is 0 Å². The third kappa shape index (κ3) is 2.88. The lowest BCUT2D eigenvalue weighted by molar-refractivity contribution is -0.0942. The van der Waals surface area contributed by atoms with Gasteiger partial charge in [0.2, 0.25) is 0 Å². The zero-order valence-electron chi connectivity index (χ0n) is 10.8. The van der Waals surface area contributed by atoms with Gasteiger partial charge >= 0.3 is 6.18 Å². The van der Waals surface area contributed by atoms with Gasteiger partial charge < -0.3 is 9.80 Å². The minimum absolute atomic E-state index is 0.0994. The fraction of sp³-hybridized carbons (Fsp3) is 0.692. The first kappa shape index (κ1) is 13.5. The zero-order chi connectivity index (χ0) is 13.3. The van der Waals surface area contributed by atoms with Crippen LogP contribution in [0.5, 0.6) is 0 Å². The minimum Gasteiger partial charge on any atom is -0.374 e. The highest BCUT2D eigenvalue weighted by atomic mass is 19.4. The first-order chi connectivity index (χ1) is 8.38. The number of likely N-dealkylation sites (N-methyl/N-ethyl adjacent to an activating group) is 2. The number of hydrogen-bond donors (Lipinski definition) is 0. The second-order valence-electron chi connectivity index (χ2n) is 5.16. The summed E-state index contributed by atoms with van der Waals surface area (Å²) in [5, 5.41) is 0. The smallest absolute Gasteiger partial charge is 0.374 e. The summed E-state index contributed by atoms with van der Waals surface area (Å²) >= 11 is 0. The molecule has 0 saturated carbocycles. The van der Waals surface area contributed by atoms with Crippen LogP contribution in [-0.2, 0) is 0 Å². The van der Waals surface area contributed by atoms with Gasteiger partial charge in [0.15, 0.2) is 0 Å². The number of likely N-dealkylation sites (tertiary alicyclic amines) is 1. The van der Waals surface area contributed by atoms with Gasteiger partial charge in [-0.05, 0) is 38.9 Å². The van der Waals surface area contributed by atoms with Crippen LogP contribution in [0.1, 0.15) is 19.3 Å². The molecule has 0 aromatic rings. The van der Waals surface area contributed by atoms with Crippen LogP contribution in [0.2, 0.25) is 0 Å². The van der Waals surface area contributed by atoms with Crippen molar-refractivity contribution in [2.45, 2.75) is 31.5 Å². The summed E-state index contributed by atoms with van der Waals surface area (Å²) in [6.45, 7) is 2.05. The van der Waals surface area contributed by atoms with Gasteiger partial charge in [0.25, 0.3) is 0 Å². The molecule has 1 unspecified atom stereocenters. The summed E-state index contributed by atoms with van der Waals surface area (Å²) in [6, 6.07) is 0.432. The van der Waals surface area contributed by atoms with E-state index in [-0.39, 0.29) is 6.42 Å². The van der Waals surface area contributed by atoms with E-state index in [9.17, 15) is 13.2 Å². The molecule has 0 spiro atoms. The summed E-state index contributed by atoms with van der Waals surface area (Å²) in [7, 11) is 4.06. The first-order valence-electron chi connectivity index (χ1n) is 6.26. The van der Waals surface area contributed by atoms with E-state index >= 15 is 0 Å². The molecule has 1 fully saturated rings. The highest BCUT2D eigenvalue weighted by Crippen LogP contribution is 2.34. The molecule has 102 valence electrons. The predicted molar refractivity (Wildman–Crippen MR) is 65.1 cm³/mol.